The van der Waals surface area contributed by atoms with E-state index in [9.17, 15) is 4.79 Å². The lowest BCUT2D eigenvalue weighted by molar-refractivity contribution is 0.262. The summed E-state index contributed by atoms with van der Waals surface area (Å²) in [5.74, 6) is 1.82. The first-order chi connectivity index (χ1) is 15.7. The van der Waals surface area contributed by atoms with Crippen LogP contribution in [0.25, 0.3) is 0 Å². The largest absolute Gasteiger partial charge is 0.497 e. The second-order valence-electron chi connectivity index (χ2n) is 7.82. The minimum absolute atomic E-state index is 0.283. The van der Waals surface area contributed by atoms with Crippen molar-refractivity contribution in [3.05, 3.63) is 78.5 Å². The number of nitrogens with zero attached hydrogens (tertiary/aromatic N) is 3. The van der Waals surface area contributed by atoms with Crippen molar-refractivity contribution < 1.29 is 9.53 Å². The second kappa shape index (κ2) is 10.6. The third-order valence-corrected chi connectivity index (χ3v) is 5.52. The maximum Gasteiger partial charge on any atom is 0.323 e. The smallest absolute Gasteiger partial charge is 0.323 e. The highest BCUT2D eigenvalue weighted by atomic mass is 16.5. The average molecular weight is 432 g/mol. The van der Waals surface area contributed by atoms with Crippen LogP contribution >= 0.6 is 0 Å². The number of methoxy groups -OCH3 is 1. The van der Waals surface area contributed by atoms with Crippen molar-refractivity contribution in [3.8, 4) is 5.75 Å². The van der Waals surface area contributed by atoms with Crippen LogP contribution in [0.4, 0.5) is 22.0 Å². The predicted octanol–water partition coefficient (Wildman–Crippen LogP) is 4.45. The molecule has 4 rings (SSSR count). The van der Waals surface area contributed by atoms with Crippen molar-refractivity contribution in [2.45, 2.75) is 13.0 Å². The molecule has 0 radical (unpaired) electrons. The molecule has 32 heavy (non-hydrogen) atoms. The third-order valence-electron chi connectivity index (χ3n) is 5.52. The fourth-order valence-electron chi connectivity index (χ4n) is 3.81. The van der Waals surface area contributed by atoms with Crippen LogP contribution in [0.1, 0.15) is 12.0 Å². The van der Waals surface area contributed by atoms with Gasteiger partial charge in [-0.1, -0.05) is 30.3 Å². The Morgan fingerprint density at radius 2 is 1.69 bits per heavy atom. The van der Waals surface area contributed by atoms with Crippen molar-refractivity contribution in [1.82, 2.24) is 9.88 Å². The predicted molar refractivity (Wildman–Crippen MR) is 128 cm³/mol. The molecule has 0 bridgehead atoms. The molecule has 0 atom stereocenters. The van der Waals surface area contributed by atoms with E-state index in [1.165, 1.54) is 5.56 Å². The highest BCUT2D eigenvalue weighted by Crippen LogP contribution is 2.18. The van der Waals surface area contributed by atoms with Gasteiger partial charge in [0.15, 0.2) is 0 Å². The minimum Gasteiger partial charge on any atom is -0.497 e. The summed E-state index contributed by atoms with van der Waals surface area (Å²) in [6.45, 7) is 4.86. The number of hydrogen-bond acceptors (Lipinski definition) is 5. The molecule has 2 N–H and O–H groups in total. The van der Waals surface area contributed by atoms with Crippen LogP contribution < -0.4 is 20.3 Å². The number of nitrogens with one attached hydrogen (secondary N) is 2. The molecule has 1 aliphatic rings. The van der Waals surface area contributed by atoms with Crippen LogP contribution in [0.2, 0.25) is 0 Å². The summed E-state index contributed by atoms with van der Waals surface area (Å²) < 4.78 is 5.24. The van der Waals surface area contributed by atoms with Crippen molar-refractivity contribution in [1.29, 1.82) is 0 Å². The first-order valence-electron chi connectivity index (χ1n) is 10.9. The summed E-state index contributed by atoms with van der Waals surface area (Å²) in [5.41, 5.74) is 2.71. The molecule has 0 unspecified atom stereocenters. The lowest BCUT2D eigenvalue weighted by atomic mass is 10.2. The Balaban J connectivity index is 1.28. The van der Waals surface area contributed by atoms with E-state index in [0.29, 0.717) is 5.69 Å². The van der Waals surface area contributed by atoms with Gasteiger partial charge in [-0.3, -0.25) is 4.90 Å². The summed E-state index contributed by atoms with van der Waals surface area (Å²) in [4.78, 5) is 21.5. The van der Waals surface area contributed by atoms with Crippen molar-refractivity contribution in [2.75, 3.05) is 48.8 Å². The average Bonchev–Trinajstić information content (AvgIpc) is 3.06. The number of para-hydroxylation sites is 1. The number of amides is 2. The monoisotopic (exact) mass is 431 g/mol. The van der Waals surface area contributed by atoms with E-state index in [-0.39, 0.29) is 6.03 Å². The molecule has 1 fully saturated rings. The van der Waals surface area contributed by atoms with E-state index in [1.807, 2.05) is 54.6 Å². The zero-order chi connectivity index (χ0) is 22.2. The molecule has 2 amide bonds. The zero-order valence-electron chi connectivity index (χ0n) is 18.3. The van der Waals surface area contributed by atoms with E-state index < -0.39 is 0 Å². The summed E-state index contributed by atoms with van der Waals surface area (Å²) in [5, 5.41) is 5.63. The number of aromatic nitrogens is 1. The number of rotatable bonds is 6. The molecule has 7 heteroatoms. The number of carbonyl (C=O) groups excluding carboxylic acids is 1. The normalized spacial score (nSPS) is 14.5. The Labute approximate surface area is 189 Å². The van der Waals surface area contributed by atoms with E-state index in [2.05, 4.69) is 37.6 Å². The molecular formula is C25H29N5O2. The van der Waals surface area contributed by atoms with Crippen molar-refractivity contribution >= 4 is 23.2 Å². The SMILES string of the molecule is COc1ccc(CN2CCCN(c3ccc(NC(=O)Nc4ccccc4)cn3)CC2)cc1. The molecule has 2 heterocycles. The first kappa shape index (κ1) is 21.6. The lowest BCUT2D eigenvalue weighted by Crippen LogP contribution is -2.31. The molecule has 7 nitrogen and oxygen atoms in total. The quantitative estimate of drug-likeness (QED) is 0.604. The number of carbonyl (C=O) groups is 1. The number of pyridine rings is 1. The van der Waals surface area contributed by atoms with E-state index in [1.54, 1.807) is 13.3 Å². The summed E-state index contributed by atoms with van der Waals surface area (Å²) in [6, 6.07) is 21.2. The minimum atomic E-state index is -0.283. The van der Waals surface area contributed by atoms with Crippen molar-refractivity contribution in [2.24, 2.45) is 0 Å². The van der Waals surface area contributed by atoms with Gasteiger partial charge in [-0.05, 0) is 48.4 Å². The molecular weight excluding hydrogens is 402 g/mol. The molecule has 0 aliphatic carbocycles. The molecule has 3 aromatic rings. The number of benzene rings is 2. The summed E-state index contributed by atoms with van der Waals surface area (Å²) >= 11 is 0. The number of anilines is 3. The van der Waals surface area contributed by atoms with Gasteiger partial charge in [0.1, 0.15) is 11.6 Å². The van der Waals surface area contributed by atoms with E-state index in [0.717, 1.165) is 56.4 Å². The zero-order valence-corrected chi connectivity index (χ0v) is 18.3. The molecule has 0 saturated carbocycles. The maximum atomic E-state index is 12.2. The Morgan fingerprint density at radius 1 is 0.906 bits per heavy atom. The summed E-state index contributed by atoms with van der Waals surface area (Å²) in [6.07, 6.45) is 2.79. The highest BCUT2D eigenvalue weighted by Gasteiger charge is 2.16. The fraction of sp³-hybridized carbons (Fsp3) is 0.280. The standard InChI is InChI=1S/C25H29N5O2/c1-32-23-11-8-20(9-12-23)19-29-14-5-15-30(17-16-29)24-13-10-22(18-26-24)28-25(31)27-21-6-3-2-4-7-21/h2-4,6-13,18H,5,14-17,19H2,1H3,(H2,27,28,31). The summed E-state index contributed by atoms with van der Waals surface area (Å²) in [7, 11) is 1.69. The van der Waals surface area contributed by atoms with E-state index >= 15 is 0 Å². The van der Waals surface area contributed by atoms with Crippen LogP contribution in [0.5, 0.6) is 5.75 Å². The van der Waals surface area contributed by atoms with Crippen LogP contribution in [-0.4, -0.2) is 49.2 Å². The van der Waals surface area contributed by atoms with Gasteiger partial charge in [0.05, 0.1) is 19.0 Å². The second-order valence-corrected chi connectivity index (χ2v) is 7.82. The van der Waals surface area contributed by atoms with Gasteiger partial charge in [0.2, 0.25) is 0 Å². The van der Waals surface area contributed by atoms with Gasteiger partial charge < -0.3 is 20.3 Å². The Hall–Kier alpha value is -3.58. The topological polar surface area (TPSA) is 69.7 Å². The molecule has 2 aromatic carbocycles. The van der Waals surface area contributed by atoms with Crippen molar-refractivity contribution in [3.63, 3.8) is 0 Å². The van der Waals surface area contributed by atoms with Gasteiger partial charge in [0, 0.05) is 38.4 Å². The molecule has 1 saturated heterocycles. The Morgan fingerprint density at radius 3 is 2.41 bits per heavy atom. The third kappa shape index (κ3) is 5.98. The van der Waals surface area contributed by atoms with E-state index in [4.69, 9.17) is 4.74 Å². The first-order valence-corrected chi connectivity index (χ1v) is 10.9. The Bertz CT molecular complexity index is 993. The number of ether oxygens (including phenoxy) is 1. The van der Waals surface area contributed by atoms with Gasteiger partial charge in [-0.25, -0.2) is 9.78 Å². The van der Waals surface area contributed by atoms with Gasteiger partial charge >= 0.3 is 6.03 Å². The fourth-order valence-corrected chi connectivity index (χ4v) is 3.81. The van der Waals surface area contributed by atoms with Gasteiger partial charge in [-0.2, -0.15) is 0 Å². The molecule has 1 aliphatic heterocycles. The van der Waals surface area contributed by atoms with Gasteiger partial charge in [-0.15, -0.1) is 0 Å². The lowest BCUT2D eigenvalue weighted by Gasteiger charge is -2.23. The molecule has 0 spiro atoms. The molecule has 1 aromatic heterocycles. The van der Waals surface area contributed by atoms with Crippen LogP contribution in [0.15, 0.2) is 72.9 Å². The van der Waals surface area contributed by atoms with Crippen LogP contribution in [-0.2, 0) is 6.54 Å². The number of hydrogen-bond donors (Lipinski definition) is 2. The van der Waals surface area contributed by atoms with Crippen LogP contribution in [0.3, 0.4) is 0 Å². The maximum absolute atomic E-state index is 12.2. The van der Waals surface area contributed by atoms with Crippen LogP contribution in [0, 0.1) is 0 Å². The number of urea groups is 1. The molecule has 166 valence electrons. The van der Waals surface area contributed by atoms with Gasteiger partial charge in [0.25, 0.3) is 0 Å². The Kier molecular flexibility index (Phi) is 7.19. The highest BCUT2D eigenvalue weighted by molar-refractivity contribution is 5.99.